The predicted octanol–water partition coefficient (Wildman–Crippen LogP) is 1.49. The number of aliphatic hydroxyl groups excluding tert-OH is 1. The van der Waals surface area contributed by atoms with Crippen LogP contribution in [0.1, 0.15) is 33.6 Å². The maximum atomic E-state index is 13.9. The highest BCUT2D eigenvalue weighted by molar-refractivity contribution is 5.95. The van der Waals surface area contributed by atoms with E-state index in [2.05, 4.69) is 25.7 Å². The summed E-state index contributed by atoms with van der Waals surface area (Å²) in [6, 6.07) is 5.90. The molecule has 0 saturated carbocycles. The summed E-state index contributed by atoms with van der Waals surface area (Å²) in [6.07, 6.45) is 1.61. The van der Waals surface area contributed by atoms with Crippen molar-refractivity contribution in [1.82, 2.24) is 34.9 Å². The van der Waals surface area contributed by atoms with Crippen molar-refractivity contribution in [2.45, 2.75) is 19.6 Å². The van der Waals surface area contributed by atoms with E-state index in [-0.39, 0.29) is 29.4 Å². The summed E-state index contributed by atoms with van der Waals surface area (Å²) in [7, 11) is 1.57. The van der Waals surface area contributed by atoms with Gasteiger partial charge in [-0.2, -0.15) is 4.80 Å². The summed E-state index contributed by atoms with van der Waals surface area (Å²) in [5, 5.41) is 23.8. The number of tetrazole rings is 1. The van der Waals surface area contributed by atoms with Crippen LogP contribution in [0.5, 0.6) is 5.75 Å². The van der Waals surface area contributed by atoms with Crippen LogP contribution in [0.25, 0.3) is 5.65 Å². The Labute approximate surface area is 180 Å². The van der Waals surface area contributed by atoms with E-state index in [1.165, 1.54) is 15.3 Å². The molecule has 0 aliphatic carbocycles. The van der Waals surface area contributed by atoms with Crippen molar-refractivity contribution >= 4 is 11.6 Å². The highest BCUT2D eigenvalue weighted by Gasteiger charge is 2.24. The number of fused-ring (bicyclic) bond motifs is 1. The lowest BCUT2D eigenvalue weighted by molar-refractivity contribution is 0.0906. The molecule has 0 spiro atoms. The van der Waals surface area contributed by atoms with Crippen molar-refractivity contribution in [3.05, 3.63) is 70.9 Å². The quantitative estimate of drug-likeness (QED) is 0.444. The van der Waals surface area contributed by atoms with Gasteiger partial charge < -0.3 is 15.2 Å². The van der Waals surface area contributed by atoms with Crippen molar-refractivity contribution in [3.8, 4) is 5.75 Å². The number of halogens is 2. The molecule has 4 rings (SSSR count). The summed E-state index contributed by atoms with van der Waals surface area (Å²) >= 11 is 0. The van der Waals surface area contributed by atoms with E-state index in [1.807, 2.05) is 0 Å². The van der Waals surface area contributed by atoms with Crippen molar-refractivity contribution in [3.63, 3.8) is 0 Å². The van der Waals surface area contributed by atoms with Crippen molar-refractivity contribution in [2.75, 3.05) is 6.61 Å². The molecule has 1 aromatic carbocycles. The van der Waals surface area contributed by atoms with Gasteiger partial charge in [0.25, 0.3) is 5.91 Å². The lowest BCUT2D eigenvalue weighted by Gasteiger charge is -2.13. The van der Waals surface area contributed by atoms with Crippen molar-refractivity contribution in [1.29, 1.82) is 0 Å². The molecule has 0 aliphatic heterocycles. The number of hydrogen-bond acceptors (Lipinski definition) is 7. The topological polar surface area (TPSA) is 119 Å². The number of aliphatic hydroxyl groups is 1. The van der Waals surface area contributed by atoms with Gasteiger partial charge in [0.05, 0.1) is 24.9 Å². The number of imidazole rings is 1. The first-order valence-electron chi connectivity index (χ1n) is 9.58. The highest BCUT2D eigenvalue weighted by atomic mass is 19.1. The fourth-order valence-electron chi connectivity index (χ4n) is 3.22. The third-order valence-corrected chi connectivity index (χ3v) is 4.76. The molecule has 3 heterocycles. The molecule has 32 heavy (non-hydrogen) atoms. The number of nitrogens with one attached hydrogen (secondary N) is 1. The second-order valence-electron chi connectivity index (χ2n) is 6.95. The van der Waals surface area contributed by atoms with Crippen LogP contribution in [-0.2, 0) is 13.7 Å². The van der Waals surface area contributed by atoms with E-state index in [0.29, 0.717) is 11.3 Å². The summed E-state index contributed by atoms with van der Waals surface area (Å²) in [4.78, 5) is 18.6. The van der Waals surface area contributed by atoms with Crippen LogP contribution in [0.2, 0.25) is 0 Å². The highest BCUT2D eigenvalue weighted by Crippen LogP contribution is 2.24. The number of aryl methyl sites for hydroxylation is 2. The normalized spacial score (nSPS) is 12.2. The summed E-state index contributed by atoms with van der Waals surface area (Å²) in [5.74, 6) is -1.57. The number of benzene rings is 1. The minimum Gasteiger partial charge on any atom is -0.485 e. The first kappa shape index (κ1) is 21.3. The van der Waals surface area contributed by atoms with Crippen LogP contribution in [0.4, 0.5) is 8.78 Å². The zero-order valence-electron chi connectivity index (χ0n) is 17.2. The standard InChI is InChI=1S/C20H19F2N7O3/c1-11-17(20(31)24-15(9-30)18-25-27-28(2)26-18)29-8-4-7-16(19(29)23-11)32-10-12-13(21)5-3-6-14(12)22/h3-8,15,30H,9-10H2,1-2H3,(H,24,31)/t15-/m0/s1. The number of aromatic nitrogens is 6. The summed E-state index contributed by atoms with van der Waals surface area (Å²) < 4.78 is 34.9. The number of nitrogens with zero attached hydrogens (tertiary/aromatic N) is 6. The fraction of sp³-hybridized carbons (Fsp3) is 0.250. The minimum atomic E-state index is -0.871. The fourth-order valence-corrected chi connectivity index (χ4v) is 3.22. The monoisotopic (exact) mass is 443 g/mol. The van der Waals surface area contributed by atoms with Crippen LogP contribution in [0.15, 0.2) is 36.5 Å². The molecule has 1 amide bonds. The number of amides is 1. The first-order valence-corrected chi connectivity index (χ1v) is 9.58. The molecule has 0 aliphatic rings. The van der Waals surface area contributed by atoms with E-state index >= 15 is 0 Å². The molecule has 1 atom stereocenters. The lowest BCUT2D eigenvalue weighted by atomic mass is 10.2. The minimum absolute atomic E-state index is 0.158. The molecule has 2 N–H and O–H groups in total. The zero-order chi connectivity index (χ0) is 22.8. The molecule has 0 bridgehead atoms. The van der Waals surface area contributed by atoms with Gasteiger partial charge >= 0.3 is 0 Å². The molecule has 0 fully saturated rings. The van der Waals surface area contributed by atoms with Gasteiger partial charge in [-0.05, 0) is 36.4 Å². The molecule has 0 unspecified atom stereocenters. The Balaban J connectivity index is 1.61. The largest absolute Gasteiger partial charge is 0.485 e. The van der Waals surface area contributed by atoms with Crippen molar-refractivity contribution < 1.29 is 23.4 Å². The van der Waals surface area contributed by atoms with Gasteiger partial charge in [-0.25, -0.2) is 13.8 Å². The average molecular weight is 443 g/mol. The number of carbonyl (C=O) groups excluding carboxylic acids is 1. The molecule has 3 aromatic heterocycles. The van der Waals surface area contributed by atoms with E-state index in [4.69, 9.17) is 4.74 Å². The van der Waals surface area contributed by atoms with Crippen LogP contribution in [0.3, 0.4) is 0 Å². The Kier molecular flexibility index (Phi) is 5.77. The Bertz CT molecular complexity index is 1270. The number of hydrogen-bond donors (Lipinski definition) is 2. The molecule has 10 nitrogen and oxygen atoms in total. The van der Waals surface area contributed by atoms with Crippen LogP contribution in [-0.4, -0.2) is 47.2 Å². The summed E-state index contributed by atoms with van der Waals surface area (Å²) in [5.41, 5.74) is 0.673. The van der Waals surface area contributed by atoms with Gasteiger partial charge in [-0.3, -0.25) is 9.20 Å². The maximum Gasteiger partial charge on any atom is 0.270 e. The smallest absolute Gasteiger partial charge is 0.270 e. The first-order chi connectivity index (χ1) is 15.4. The predicted molar refractivity (Wildman–Crippen MR) is 107 cm³/mol. The van der Waals surface area contributed by atoms with E-state index < -0.39 is 30.2 Å². The van der Waals surface area contributed by atoms with Gasteiger partial charge in [0.1, 0.15) is 30.0 Å². The molecular weight excluding hydrogens is 424 g/mol. The van der Waals surface area contributed by atoms with Gasteiger partial charge in [-0.15, -0.1) is 10.2 Å². The Hall–Kier alpha value is -3.93. The van der Waals surface area contributed by atoms with Gasteiger partial charge in [0.2, 0.25) is 0 Å². The van der Waals surface area contributed by atoms with Crippen LogP contribution < -0.4 is 10.1 Å². The molecule has 12 heteroatoms. The second-order valence-corrected chi connectivity index (χ2v) is 6.95. The zero-order valence-corrected chi connectivity index (χ0v) is 17.2. The molecule has 4 aromatic rings. The van der Waals surface area contributed by atoms with Crippen molar-refractivity contribution in [2.24, 2.45) is 7.05 Å². The van der Waals surface area contributed by atoms with Gasteiger partial charge in [-0.1, -0.05) is 6.07 Å². The van der Waals surface area contributed by atoms with E-state index in [1.54, 1.807) is 32.3 Å². The van der Waals surface area contributed by atoms with Crippen LogP contribution >= 0.6 is 0 Å². The third kappa shape index (κ3) is 3.99. The molecule has 166 valence electrons. The number of rotatable bonds is 7. The second kappa shape index (κ2) is 8.67. The van der Waals surface area contributed by atoms with Gasteiger partial charge in [0.15, 0.2) is 17.2 Å². The Morgan fingerprint density at radius 1 is 1.25 bits per heavy atom. The van der Waals surface area contributed by atoms with Gasteiger partial charge in [0, 0.05) is 6.20 Å². The number of carbonyl (C=O) groups is 1. The molecule has 0 radical (unpaired) electrons. The molecular formula is C20H19F2N7O3. The third-order valence-electron chi connectivity index (χ3n) is 4.76. The Morgan fingerprint density at radius 3 is 2.66 bits per heavy atom. The van der Waals surface area contributed by atoms with Crippen LogP contribution in [0, 0.1) is 18.6 Å². The van der Waals surface area contributed by atoms with E-state index in [0.717, 1.165) is 12.1 Å². The SMILES string of the molecule is Cc1nc2c(OCc3c(F)cccc3F)cccn2c1C(=O)N[C@@H](CO)c1nnn(C)n1. The summed E-state index contributed by atoms with van der Waals surface area (Å²) in [6.45, 7) is 0.850. The average Bonchev–Trinajstić information content (AvgIpc) is 3.34. The maximum absolute atomic E-state index is 13.9. The van der Waals surface area contributed by atoms with E-state index in [9.17, 15) is 18.7 Å². The lowest BCUT2D eigenvalue weighted by Crippen LogP contribution is -2.32. The number of pyridine rings is 1. The molecule has 0 saturated heterocycles. The Morgan fingerprint density at radius 2 is 2.00 bits per heavy atom. The number of ether oxygens (including phenoxy) is 1.